The highest BCUT2D eigenvalue weighted by molar-refractivity contribution is 5.82. The molecule has 1 spiro atoms. The van der Waals surface area contributed by atoms with Crippen LogP contribution in [0.15, 0.2) is 11.8 Å². The van der Waals surface area contributed by atoms with E-state index in [1.54, 1.807) is 0 Å². The Hall–Kier alpha value is -0.990. The van der Waals surface area contributed by atoms with E-state index in [1.165, 1.54) is 12.8 Å². The molecule has 2 bridgehead atoms. The van der Waals surface area contributed by atoms with E-state index in [0.29, 0.717) is 24.5 Å². The van der Waals surface area contributed by atoms with Crippen molar-refractivity contribution in [3.05, 3.63) is 11.8 Å². The van der Waals surface area contributed by atoms with Gasteiger partial charge in [-0.25, -0.2) is 0 Å². The average molecular weight is 278 g/mol. The van der Waals surface area contributed by atoms with Crippen LogP contribution in [0.4, 0.5) is 0 Å². The van der Waals surface area contributed by atoms with E-state index in [-0.39, 0.29) is 11.4 Å². The first-order valence-electron chi connectivity index (χ1n) is 7.91. The molecule has 0 unspecified atom stereocenters. The number of allylic oxidation sites excluding steroid dienone is 1. The van der Waals surface area contributed by atoms with E-state index < -0.39 is 5.41 Å². The third kappa shape index (κ3) is 1.74. The van der Waals surface area contributed by atoms with Gasteiger partial charge in [0.2, 0.25) is 0 Å². The summed E-state index contributed by atoms with van der Waals surface area (Å²) in [4.78, 5) is 12.6. The van der Waals surface area contributed by atoms with Gasteiger partial charge >= 0.3 is 5.97 Å². The first-order chi connectivity index (χ1) is 9.37. The number of hydrogen-bond acceptors (Lipinski definition) is 3. The largest absolute Gasteiger partial charge is 0.497 e. The topological polar surface area (TPSA) is 35.5 Å². The summed E-state index contributed by atoms with van der Waals surface area (Å²) in [5.74, 6) is 1.45. The molecule has 3 atom stereocenters. The highest BCUT2D eigenvalue weighted by Gasteiger charge is 2.68. The van der Waals surface area contributed by atoms with Crippen molar-refractivity contribution in [2.45, 2.75) is 53.4 Å². The van der Waals surface area contributed by atoms with Gasteiger partial charge in [-0.15, -0.1) is 0 Å². The third-order valence-electron chi connectivity index (χ3n) is 5.50. The molecule has 0 heterocycles. The number of carbonyl (C=O) groups is 1. The summed E-state index contributed by atoms with van der Waals surface area (Å²) in [6.45, 7) is 9.62. The van der Waals surface area contributed by atoms with Crippen molar-refractivity contribution >= 4 is 5.97 Å². The van der Waals surface area contributed by atoms with Crippen molar-refractivity contribution in [2.75, 3.05) is 13.2 Å². The minimum Gasteiger partial charge on any atom is -0.497 e. The summed E-state index contributed by atoms with van der Waals surface area (Å²) in [6.07, 6.45) is 6.49. The van der Waals surface area contributed by atoms with Crippen LogP contribution in [0.25, 0.3) is 0 Å². The van der Waals surface area contributed by atoms with Crippen molar-refractivity contribution < 1.29 is 14.3 Å². The van der Waals surface area contributed by atoms with Gasteiger partial charge in [0.25, 0.3) is 0 Å². The Balaban J connectivity index is 1.96. The maximum Gasteiger partial charge on any atom is 0.319 e. The molecule has 3 nitrogen and oxygen atoms in total. The first kappa shape index (κ1) is 14.0. The van der Waals surface area contributed by atoms with Crippen LogP contribution in [0.2, 0.25) is 0 Å². The van der Waals surface area contributed by atoms with E-state index >= 15 is 0 Å². The average Bonchev–Trinajstić information content (AvgIpc) is 2.87. The molecule has 3 aliphatic carbocycles. The summed E-state index contributed by atoms with van der Waals surface area (Å²) in [7, 11) is 0. The molecule has 2 fully saturated rings. The van der Waals surface area contributed by atoms with Crippen LogP contribution < -0.4 is 0 Å². The molecule has 0 aromatic carbocycles. The molecule has 0 N–H and O–H groups in total. The Bertz CT molecular complexity index is 465. The quantitative estimate of drug-likeness (QED) is 0.736. The van der Waals surface area contributed by atoms with Crippen molar-refractivity contribution in [1.82, 2.24) is 0 Å². The third-order valence-corrected chi connectivity index (χ3v) is 5.50. The fourth-order valence-electron chi connectivity index (χ4n) is 5.18. The Kier molecular flexibility index (Phi) is 2.97. The molecule has 3 aliphatic rings. The van der Waals surface area contributed by atoms with Gasteiger partial charge in [-0.1, -0.05) is 13.8 Å². The molecule has 3 rings (SSSR count). The van der Waals surface area contributed by atoms with E-state index in [9.17, 15) is 4.79 Å². The molecular formula is C17H26O3. The highest BCUT2D eigenvalue weighted by Crippen LogP contribution is 2.72. The summed E-state index contributed by atoms with van der Waals surface area (Å²) in [5.41, 5.74) is 0.0810. The van der Waals surface area contributed by atoms with Gasteiger partial charge in [0, 0.05) is 0 Å². The van der Waals surface area contributed by atoms with Crippen molar-refractivity contribution in [1.29, 1.82) is 0 Å². The zero-order valence-corrected chi connectivity index (χ0v) is 13.1. The lowest BCUT2D eigenvalue weighted by molar-refractivity contribution is -0.155. The molecule has 0 radical (unpaired) electrons. The van der Waals surface area contributed by atoms with E-state index in [0.717, 1.165) is 18.6 Å². The summed E-state index contributed by atoms with van der Waals surface area (Å²) in [5, 5.41) is 0. The fraction of sp³-hybridized carbons (Fsp3) is 0.824. The lowest BCUT2D eigenvalue weighted by Crippen LogP contribution is -2.33. The minimum absolute atomic E-state index is 0.0659. The number of hydrogen-bond donors (Lipinski definition) is 0. The van der Waals surface area contributed by atoms with E-state index in [4.69, 9.17) is 9.47 Å². The molecule has 0 aliphatic heterocycles. The lowest BCUT2D eigenvalue weighted by Gasteiger charge is -2.30. The number of carbonyl (C=O) groups excluding carboxylic acids is 1. The molecule has 20 heavy (non-hydrogen) atoms. The number of esters is 1. The smallest absolute Gasteiger partial charge is 0.319 e. The standard InChI is InChI=1S/C17H26O3/c1-5-19-13-9-16-10-15(3,4)7-12(16)8-17(13,11-16)14(18)20-6-2/h9,12H,5-8,10-11H2,1-4H3/t12-,16+,17+/m0/s1. The van der Waals surface area contributed by atoms with Crippen molar-refractivity contribution in [3.8, 4) is 0 Å². The fourth-order valence-corrected chi connectivity index (χ4v) is 5.18. The van der Waals surface area contributed by atoms with Gasteiger partial charge in [0.1, 0.15) is 11.2 Å². The van der Waals surface area contributed by atoms with Crippen molar-refractivity contribution in [2.24, 2.45) is 22.2 Å². The predicted octanol–water partition coefficient (Wildman–Crippen LogP) is 3.69. The van der Waals surface area contributed by atoms with Crippen LogP contribution in [0.1, 0.15) is 53.4 Å². The van der Waals surface area contributed by atoms with Gasteiger partial charge in [-0.2, -0.15) is 0 Å². The van der Waals surface area contributed by atoms with Crippen LogP contribution in [-0.2, 0) is 14.3 Å². The van der Waals surface area contributed by atoms with Crippen LogP contribution in [0.3, 0.4) is 0 Å². The number of fused-ring (bicyclic) bond motifs is 1. The molecule has 3 heteroatoms. The van der Waals surface area contributed by atoms with Crippen LogP contribution in [0.5, 0.6) is 0 Å². The number of rotatable bonds is 4. The molecule has 2 saturated carbocycles. The van der Waals surface area contributed by atoms with Crippen molar-refractivity contribution in [3.63, 3.8) is 0 Å². The van der Waals surface area contributed by atoms with Gasteiger partial charge in [0.15, 0.2) is 0 Å². The normalized spacial score (nSPS) is 40.4. The summed E-state index contributed by atoms with van der Waals surface area (Å²) < 4.78 is 11.2. The summed E-state index contributed by atoms with van der Waals surface area (Å²) >= 11 is 0. The second-order valence-electron chi connectivity index (χ2n) is 7.60. The van der Waals surface area contributed by atoms with Gasteiger partial charge in [-0.05, 0) is 62.4 Å². The Morgan fingerprint density at radius 1 is 1.25 bits per heavy atom. The Labute approximate surface area is 121 Å². The lowest BCUT2D eigenvalue weighted by atomic mass is 9.80. The maximum absolute atomic E-state index is 12.6. The minimum atomic E-state index is -0.479. The molecule has 112 valence electrons. The maximum atomic E-state index is 12.6. The second-order valence-corrected chi connectivity index (χ2v) is 7.60. The molecular weight excluding hydrogens is 252 g/mol. The van der Waals surface area contributed by atoms with Crippen LogP contribution >= 0.6 is 0 Å². The highest BCUT2D eigenvalue weighted by atomic mass is 16.5. The Morgan fingerprint density at radius 2 is 2.00 bits per heavy atom. The second kappa shape index (κ2) is 4.25. The SMILES string of the molecule is CCOC(=O)[C@@]12C[C@@H]3CC(C)(C)C[C@]3(C=C1OCC)C2. The molecule has 0 aromatic rings. The van der Waals surface area contributed by atoms with Gasteiger partial charge in [-0.3, -0.25) is 4.79 Å². The van der Waals surface area contributed by atoms with E-state index in [2.05, 4.69) is 19.9 Å². The summed E-state index contributed by atoms with van der Waals surface area (Å²) in [6, 6.07) is 0. The molecule has 0 aromatic heterocycles. The monoisotopic (exact) mass is 278 g/mol. The van der Waals surface area contributed by atoms with Gasteiger partial charge in [0.05, 0.1) is 13.2 Å². The predicted molar refractivity (Wildman–Crippen MR) is 76.9 cm³/mol. The molecule has 0 amide bonds. The Morgan fingerprint density at radius 3 is 2.65 bits per heavy atom. The van der Waals surface area contributed by atoms with Gasteiger partial charge < -0.3 is 9.47 Å². The van der Waals surface area contributed by atoms with Crippen LogP contribution in [0, 0.1) is 22.2 Å². The van der Waals surface area contributed by atoms with Crippen LogP contribution in [-0.4, -0.2) is 19.2 Å². The number of ether oxygens (including phenoxy) is 2. The zero-order valence-electron chi connectivity index (χ0n) is 13.1. The molecule has 0 saturated heterocycles. The van der Waals surface area contributed by atoms with E-state index in [1.807, 2.05) is 13.8 Å². The first-order valence-corrected chi connectivity index (χ1v) is 7.91. The zero-order chi connectivity index (χ0) is 14.6.